The number of benzene rings is 3. The fourth-order valence-corrected chi connectivity index (χ4v) is 3.84. The van der Waals surface area contributed by atoms with Crippen LogP contribution in [0, 0.1) is 0 Å². The highest BCUT2D eigenvalue weighted by Crippen LogP contribution is 2.28. The van der Waals surface area contributed by atoms with Crippen molar-refractivity contribution in [1.29, 1.82) is 0 Å². The minimum Gasteiger partial charge on any atom is -0.457 e. The largest absolute Gasteiger partial charge is 0.457 e. The van der Waals surface area contributed by atoms with Gasteiger partial charge in [0.05, 0.1) is 10.8 Å². The van der Waals surface area contributed by atoms with E-state index in [0.29, 0.717) is 27.4 Å². The van der Waals surface area contributed by atoms with Gasteiger partial charge in [0.15, 0.2) is 11.0 Å². The monoisotopic (exact) mass is 450 g/mol. The van der Waals surface area contributed by atoms with Gasteiger partial charge in [-0.15, -0.1) is 10.2 Å². The van der Waals surface area contributed by atoms with Crippen LogP contribution < -0.4 is 10.1 Å². The van der Waals surface area contributed by atoms with Crippen LogP contribution in [0.2, 0.25) is 5.02 Å². The Labute approximate surface area is 189 Å². The van der Waals surface area contributed by atoms with E-state index in [-0.39, 0.29) is 11.7 Å². The Hall–Kier alpha value is -3.29. The first-order valence-corrected chi connectivity index (χ1v) is 10.9. The summed E-state index contributed by atoms with van der Waals surface area (Å²) in [5.74, 6) is 2.08. The summed E-state index contributed by atoms with van der Waals surface area (Å²) in [6.07, 6.45) is 0. The van der Waals surface area contributed by atoms with Gasteiger partial charge >= 0.3 is 0 Å². The molecule has 4 aromatic rings. The second-order valence-electron chi connectivity index (χ2n) is 6.62. The molecule has 0 spiro atoms. The molecule has 31 heavy (non-hydrogen) atoms. The van der Waals surface area contributed by atoms with Gasteiger partial charge in [-0.05, 0) is 36.4 Å². The van der Waals surface area contributed by atoms with E-state index in [1.807, 2.05) is 84.4 Å². The molecule has 8 heteroatoms. The number of ether oxygens (including phenoxy) is 1. The lowest BCUT2D eigenvalue weighted by molar-refractivity contribution is -0.113. The van der Waals surface area contributed by atoms with E-state index in [4.69, 9.17) is 16.3 Å². The smallest absolute Gasteiger partial charge is 0.234 e. The van der Waals surface area contributed by atoms with E-state index in [9.17, 15) is 4.79 Å². The van der Waals surface area contributed by atoms with Gasteiger partial charge in [-0.3, -0.25) is 4.79 Å². The van der Waals surface area contributed by atoms with Gasteiger partial charge in [0.1, 0.15) is 11.5 Å². The molecule has 0 unspecified atom stereocenters. The lowest BCUT2D eigenvalue weighted by Gasteiger charge is -2.09. The highest BCUT2D eigenvalue weighted by atomic mass is 35.5. The summed E-state index contributed by atoms with van der Waals surface area (Å²) >= 11 is 7.56. The second kappa shape index (κ2) is 9.68. The zero-order valence-corrected chi connectivity index (χ0v) is 18.2. The first-order valence-electron chi connectivity index (χ1n) is 9.50. The SMILES string of the molecule is Cn1c(SCC(=O)Nc2cccc(Oc3ccccc3)c2)nnc1-c1ccccc1Cl. The zero-order valence-electron chi connectivity index (χ0n) is 16.7. The summed E-state index contributed by atoms with van der Waals surface area (Å²) in [7, 11) is 1.85. The van der Waals surface area contributed by atoms with E-state index in [0.717, 1.165) is 11.3 Å². The molecule has 1 heterocycles. The number of hydrogen-bond donors (Lipinski definition) is 1. The average molecular weight is 451 g/mol. The molecule has 0 saturated heterocycles. The molecule has 1 N–H and O–H groups in total. The first kappa shape index (κ1) is 21.0. The molecule has 0 radical (unpaired) electrons. The minimum absolute atomic E-state index is 0.149. The van der Waals surface area contributed by atoms with Crippen molar-refractivity contribution in [1.82, 2.24) is 14.8 Å². The Morgan fingerprint density at radius 1 is 1.00 bits per heavy atom. The van der Waals surface area contributed by atoms with Crippen LogP contribution in [0.5, 0.6) is 11.5 Å². The van der Waals surface area contributed by atoms with Crippen molar-refractivity contribution >= 4 is 35.0 Å². The quantitative estimate of drug-likeness (QED) is 0.368. The van der Waals surface area contributed by atoms with Gasteiger partial charge < -0.3 is 14.6 Å². The molecule has 156 valence electrons. The zero-order chi connectivity index (χ0) is 21.6. The number of carbonyl (C=O) groups excluding carboxylic acids is 1. The van der Waals surface area contributed by atoms with Gasteiger partial charge in [-0.25, -0.2) is 0 Å². The summed E-state index contributed by atoms with van der Waals surface area (Å²) in [6, 6.07) is 24.2. The number of nitrogens with zero attached hydrogens (tertiary/aromatic N) is 3. The van der Waals surface area contributed by atoms with E-state index in [1.165, 1.54) is 11.8 Å². The summed E-state index contributed by atoms with van der Waals surface area (Å²) in [5, 5.41) is 12.5. The van der Waals surface area contributed by atoms with Gasteiger partial charge in [-0.2, -0.15) is 0 Å². The predicted molar refractivity (Wildman–Crippen MR) is 124 cm³/mol. The maximum absolute atomic E-state index is 12.4. The van der Waals surface area contributed by atoms with E-state index >= 15 is 0 Å². The summed E-state index contributed by atoms with van der Waals surface area (Å²) in [6.45, 7) is 0. The third kappa shape index (κ3) is 5.25. The highest BCUT2D eigenvalue weighted by Gasteiger charge is 2.15. The fourth-order valence-electron chi connectivity index (χ4n) is 2.91. The normalized spacial score (nSPS) is 10.6. The second-order valence-corrected chi connectivity index (χ2v) is 7.97. The molecule has 6 nitrogen and oxygen atoms in total. The number of hydrogen-bond acceptors (Lipinski definition) is 5. The first-order chi connectivity index (χ1) is 15.1. The number of nitrogens with one attached hydrogen (secondary N) is 1. The predicted octanol–water partition coefficient (Wildman–Crippen LogP) is 5.66. The number of rotatable bonds is 7. The summed E-state index contributed by atoms with van der Waals surface area (Å²) in [4.78, 5) is 12.4. The van der Waals surface area contributed by atoms with Gasteiger partial charge in [0.25, 0.3) is 0 Å². The van der Waals surface area contributed by atoms with E-state index in [2.05, 4.69) is 15.5 Å². The third-order valence-electron chi connectivity index (χ3n) is 4.38. The van der Waals surface area contributed by atoms with Crippen molar-refractivity contribution in [3.8, 4) is 22.9 Å². The summed E-state index contributed by atoms with van der Waals surface area (Å²) < 4.78 is 7.64. The third-order valence-corrected chi connectivity index (χ3v) is 5.73. The maximum Gasteiger partial charge on any atom is 0.234 e. The van der Waals surface area contributed by atoms with Crippen LogP contribution in [0.15, 0.2) is 84.0 Å². The van der Waals surface area contributed by atoms with Crippen molar-refractivity contribution in [2.75, 3.05) is 11.1 Å². The van der Waals surface area contributed by atoms with Crippen molar-refractivity contribution in [3.63, 3.8) is 0 Å². The molecule has 0 aliphatic carbocycles. The van der Waals surface area contributed by atoms with Crippen molar-refractivity contribution in [2.24, 2.45) is 7.05 Å². The highest BCUT2D eigenvalue weighted by molar-refractivity contribution is 7.99. The molecule has 1 aromatic heterocycles. The Balaban J connectivity index is 1.37. The Morgan fingerprint density at radius 2 is 1.74 bits per heavy atom. The molecule has 0 atom stereocenters. The van der Waals surface area contributed by atoms with Crippen LogP contribution in [0.3, 0.4) is 0 Å². The van der Waals surface area contributed by atoms with Gasteiger partial charge in [0, 0.05) is 24.4 Å². The fraction of sp³-hybridized carbons (Fsp3) is 0.0870. The minimum atomic E-state index is -0.149. The number of para-hydroxylation sites is 1. The molecule has 0 aliphatic rings. The van der Waals surface area contributed by atoms with Crippen LogP contribution in [-0.2, 0) is 11.8 Å². The topological polar surface area (TPSA) is 69.0 Å². The standard InChI is InChI=1S/C23H19ClN4O2S/c1-28-22(19-12-5-6-13-20(19)24)26-27-23(28)31-15-21(29)25-16-8-7-11-18(14-16)30-17-9-3-2-4-10-17/h2-14H,15H2,1H3,(H,25,29). The van der Waals surface area contributed by atoms with Crippen molar-refractivity contribution < 1.29 is 9.53 Å². The van der Waals surface area contributed by atoms with Crippen molar-refractivity contribution in [2.45, 2.75) is 5.16 Å². The molecule has 0 fully saturated rings. The van der Waals surface area contributed by atoms with Crippen LogP contribution in [0.1, 0.15) is 0 Å². The number of amides is 1. The average Bonchev–Trinajstić information content (AvgIpc) is 3.14. The number of carbonyl (C=O) groups is 1. The van der Waals surface area contributed by atoms with Crippen molar-refractivity contribution in [3.05, 3.63) is 83.9 Å². The van der Waals surface area contributed by atoms with E-state index < -0.39 is 0 Å². The number of thioether (sulfide) groups is 1. The molecule has 1 amide bonds. The molecule has 0 aliphatic heterocycles. The molecular weight excluding hydrogens is 432 g/mol. The number of anilines is 1. The van der Waals surface area contributed by atoms with Crippen LogP contribution in [0.4, 0.5) is 5.69 Å². The molecule has 0 bridgehead atoms. The Kier molecular flexibility index (Phi) is 6.54. The molecule has 4 rings (SSSR count). The van der Waals surface area contributed by atoms with Crippen LogP contribution >= 0.6 is 23.4 Å². The molecule has 3 aromatic carbocycles. The van der Waals surface area contributed by atoms with Gasteiger partial charge in [0.2, 0.25) is 5.91 Å². The maximum atomic E-state index is 12.4. The molecule has 0 saturated carbocycles. The Morgan fingerprint density at radius 3 is 2.55 bits per heavy atom. The lowest BCUT2D eigenvalue weighted by atomic mass is 10.2. The lowest BCUT2D eigenvalue weighted by Crippen LogP contribution is -2.14. The van der Waals surface area contributed by atoms with Crippen LogP contribution in [-0.4, -0.2) is 26.4 Å². The molecular formula is C23H19ClN4O2S. The van der Waals surface area contributed by atoms with Gasteiger partial charge in [-0.1, -0.05) is 59.8 Å². The van der Waals surface area contributed by atoms with Crippen LogP contribution in [0.25, 0.3) is 11.4 Å². The number of halogens is 1. The Bertz CT molecular complexity index is 1200. The number of aromatic nitrogens is 3. The summed E-state index contributed by atoms with van der Waals surface area (Å²) in [5.41, 5.74) is 1.46. The van der Waals surface area contributed by atoms with E-state index in [1.54, 1.807) is 6.07 Å².